The Bertz CT molecular complexity index is 306. The van der Waals surface area contributed by atoms with Gasteiger partial charge in [0, 0.05) is 11.0 Å². The van der Waals surface area contributed by atoms with Crippen molar-refractivity contribution in [2.24, 2.45) is 0 Å². The second-order valence-corrected chi connectivity index (χ2v) is 4.72. The van der Waals surface area contributed by atoms with Crippen molar-refractivity contribution in [1.29, 1.82) is 0 Å². The van der Waals surface area contributed by atoms with E-state index in [1.807, 2.05) is 20.8 Å². The Hall–Kier alpha value is -0.340. The monoisotopic (exact) mass is 218 g/mol. The quantitative estimate of drug-likeness (QED) is 0.625. The van der Waals surface area contributed by atoms with Crippen LogP contribution in [0.5, 0.6) is 0 Å². The van der Waals surface area contributed by atoms with Crippen LogP contribution in [0, 0.1) is 6.92 Å². The highest BCUT2D eigenvalue weighted by Crippen LogP contribution is 2.25. The summed E-state index contributed by atoms with van der Waals surface area (Å²) in [6.45, 7) is 7.86. The van der Waals surface area contributed by atoms with E-state index >= 15 is 0 Å². The summed E-state index contributed by atoms with van der Waals surface area (Å²) in [5.74, 6) is 0.674. The van der Waals surface area contributed by atoms with Crippen LogP contribution in [-0.2, 0) is 5.41 Å². The zero-order valence-electron chi connectivity index (χ0n) is 8.15. The molecule has 0 spiro atoms. The average Bonchev–Trinajstić information content (AvgIpc) is 1.97. The Labute approximate surface area is 88.3 Å². The molecule has 0 atom stereocenters. The first-order valence-corrected chi connectivity index (χ1v) is 4.78. The smallest absolute Gasteiger partial charge is 0.137 e. The lowest BCUT2D eigenvalue weighted by atomic mass is 9.96. The Kier molecular flexibility index (Phi) is 2.83. The molecule has 0 aliphatic rings. The minimum Gasteiger partial charge on any atom is -0.220 e. The van der Waals surface area contributed by atoms with Gasteiger partial charge in [0.05, 0.1) is 0 Å². The van der Waals surface area contributed by atoms with Crippen molar-refractivity contribution in [3.05, 3.63) is 21.7 Å². The summed E-state index contributed by atoms with van der Waals surface area (Å²) in [4.78, 5) is 8.35. The summed E-state index contributed by atoms with van der Waals surface area (Å²) in [5, 5.41) is 0.870. The summed E-state index contributed by atoms with van der Waals surface area (Å²) in [7, 11) is 0. The van der Waals surface area contributed by atoms with Crippen molar-refractivity contribution in [2.45, 2.75) is 33.1 Å². The van der Waals surface area contributed by atoms with Crippen LogP contribution in [0.3, 0.4) is 0 Å². The fourth-order valence-electron chi connectivity index (χ4n) is 0.799. The van der Waals surface area contributed by atoms with Gasteiger partial charge >= 0.3 is 0 Å². The second kappa shape index (κ2) is 3.43. The lowest BCUT2D eigenvalue weighted by molar-refractivity contribution is 0.544. The van der Waals surface area contributed by atoms with Crippen LogP contribution in [0.1, 0.15) is 32.2 Å². The lowest BCUT2D eigenvalue weighted by Crippen LogP contribution is -2.16. The molecule has 1 heterocycles. The molecule has 2 nitrogen and oxygen atoms in total. The molecule has 0 amide bonds. The summed E-state index contributed by atoms with van der Waals surface area (Å²) < 4.78 is 0. The van der Waals surface area contributed by atoms with E-state index < -0.39 is 0 Å². The van der Waals surface area contributed by atoms with Crippen LogP contribution in [0.4, 0.5) is 0 Å². The highest BCUT2D eigenvalue weighted by atomic mass is 35.5. The van der Waals surface area contributed by atoms with E-state index in [0.29, 0.717) is 16.1 Å². The Morgan fingerprint density at radius 1 is 1.00 bits per heavy atom. The Morgan fingerprint density at radius 3 is 1.69 bits per heavy atom. The van der Waals surface area contributed by atoms with Gasteiger partial charge in [0.2, 0.25) is 0 Å². The molecule has 0 aliphatic heterocycles. The predicted molar refractivity (Wildman–Crippen MR) is 55.5 cm³/mol. The number of hydrogen-bond donors (Lipinski definition) is 0. The molecule has 72 valence electrons. The van der Waals surface area contributed by atoms with E-state index in [1.165, 1.54) is 0 Å². The molecule has 0 bridgehead atoms. The minimum atomic E-state index is -0.124. The van der Waals surface area contributed by atoms with Crippen LogP contribution < -0.4 is 0 Å². The molecule has 0 saturated carbocycles. The van der Waals surface area contributed by atoms with Crippen molar-refractivity contribution in [3.8, 4) is 0 Å². The van der Waals surface area contributed by atoms with Gasteiger partial charge in [-0.05, 0) is 6.92 Å². The normalized spacial score (nSPS) is 11.8. The maximum atomic E-state index is 5.89. The number of halogens is 2. The fourth-order valence-corrected chi connectivity index (χ4v) is 1.19. The predicted octanol–water partition coefficient (Wildman–Crippen LogP) is 3.39. The first kappa shape index (κ1) is 10.7. The van der Waals surface area contributed by atoms with Gasteiger partial charge in [0.1, 0.15) is 16.1 Å². The molecule has 0 radical (unpaired) electrons. The number of hydrogen-bond acceptors (Lipinski definition) is 2. The first-order chi connectivity index (χ1) is 5.82. The van der Waals surface area contributed by atoms with Crippen LogP contribution in [0.2, 0.25) is 10.3 Å². The number of aromatic nitrogens is 2. The van der Waals surface area contributed by atoms with Gasteiger partial charge in [0.25, 0.3) is 0 Å². The van der Waals surface area contributed by atoms with Crippen LogP contribution >= 0.6 is 23.2 Å². The van der Waals surface area contributed by atoms with Crippen LogP contribution in [0.25, 0.3) is 0 Å². The van der Waals surface area contributed by atoms with Gasteiger partial charge in [-0.25, -0.2) is 9.97 Å². The molecule has 1 rings (SSSR count). The molecule has 0 unspecified atom stereocenters. The van der Waals surface area contributed by atoms with Crippen LogP contribution in [-0.4, -0.2) is 9.97 Å². The van der Waals surface area contributed by atoms with E-state index in [-0.39, 0.29) is 5.41 Å². The third kappa shape index (κ3) is 2.32. The van der Waals surface area contributed by atoms with Gasteiger partial charge in [-0.15, -0.1) is 0 Å². The van der Waals surface area contributed by atoms with Gasteiger partial charge in [-0.2, -0.15) is 0 Å². The highest BCUT2D eigenvalue weighted by molar-refractivity contribution is 6.34. The SMILES string of the molecule is Cc1c(Cl)nc(C(C)(C)C)nc1Cl. The largest absolute Gasteiger partial charge is 0.220 e. The first-order valence-electron chi connectivity index (χ1n) is 4.02. The maximum absolute atomic E-state index is 5.89. The number of nitrogens with zero attached hydrogens (tertiary/aromatic N) is 2. The zero-order valence-corrected chi connectivity index (χ0v) is 9.66. The van der Waals surface area contributed by atoms with Gasteiger partial charge in [-0.1, -0.05) is 44.0 Å². The Balaban J connectivity index is 3.29. The van der Waals surface area contributed by atoms with Crippen molar-refractivity contribution in [1.82, 2.24) is 9.97 Å². The molecule has 1 aromatic heterocycles. The molecule has 0 saturated heterocycles. The summed E-state index contributed by atoms with van der Waals surface area (Å²) in [5.41, 5.74) is 0.609. The molecule has 4 heteroatoms. The molecule has 1 aromatic rings. The molecular formula is C9H12Cl2N2. The molecular weight excluding hydrogens is 207 g/mol. The highest BCUT2D eigenvalue weighted by Gasteiger charge is 2.19. The van der Waals surface area contributed by atoms with E-state index in [9.17, 15) is 0 Å². The Morgan fingerprint density at radius 2 is 1.38 bits per heavy atom. The third-order valence-electron chi connectivity index (χ3n) is 1.70. The summed E-state index contributed by atoms with van der Waals surface area (Å²) in [6.07, 6.45) is 0. The van der Waals surface area contributed by atoms with Crippen molar-refractivity contribution >= 4 is 23.2 Å². The summed E-state index contributed by atoms with van der Waals surface area (Å²) >= 11 is 11.8. The van der Waals surface area contributed by atoms with Gasteiger partial charge in [-0.3, -0.25) is 0 Å². The molecule has 13 heavy (non-hydrogen) atoms. The molecule has 0 N–H and O–H groups in total. The van der Waals surface area contributed by atoms with Gasteiger partial charge < -0.3 is 0 Å². The van der Waals surface area contributed by atoms with E-state index in [4.69, 9.17) is 23.2 Å². The fraction of sp³-hybridized carbons (Fsp3) is 0.556. The lowest BCUT2D eigenvalue weighted by Gasteiger charge is -2.17. The van der Waals surface area contributed by atoms with E-state index in [1.54, 1.807) is 6.92 Å². The van der Waals surface area contributed by atoms with Gasteiger partial charge in [0.15, 0.2) is 0 Å². The zero-order chi connectivity index (χ0) is 10.2. The van der Waals surface area contributed by atoms with E-state index in [2.05, 4.69) is 9.97 Å². The second-order valence-electron chi connectivity index (χ2n) is 4.00. The van der Waals surface area contributed by atoms with Crippen molar-refractivity contribution in [3.63, 3.8) is 0 Å². The third-order valence-corrected chi connectivity index (χ3v) is 2.43. The van der Waals surface area contributed by atoms with Crippen LogP contribution in [0.15, 0.2) is 0 Å². The molecule has 0 aromatic carbocycles. The standard InChI is InChI=1S/C9H12Cl2N2/c1-5-6(10)12-8(9(2,3)4)13-7(5)11/h1-4H3. The topological polar surface area (TPSA) is 25.8 Å². The average molecular weight is 219 g/mol. The molecule has 0 aliphatic carbocycles. The molecule has 0 fully saturated rings. The number of rotatable bonds is 0. The van der Waals surface area contributed by atoms with E-state index in [0.717, 1.165) is 5.56 Å². The van der Waals surface area contributed by atoms with Crippen molar-refractivity contribution in [2.75, 3.05) is 0 Å². The minimum absolute atomic E-state index is 0.124. The summed E-state index contributed by atoms with van der Waals surface area (Å²) in [6, 6.07) is 0. The van der Waals surface area contributed by atoms with Crippen molar-refractivity contribution < 1.29 is 0 Å². The maximum Gasteiger partial charge on any atom is 0.137 e.